The number of aryl methyl sites for hydroxylation is 2. The normalized spacial score (nSPS) is 11.6. The van der Waals surface area contributed by atoms with E-state index in [9.17, 15) is 5.11 Å². The van der Waals surface area contributed by atoms with E-state index >= 15 is 0 Å². The maximum atomic E-state index is 10.2. The maximum absolute atomic E-state index is 10.2. The molecule has 1 heteroatoms. The van der Waals surface area contributed by atoms with Crippen molar-refractivity contribution >= 4 is 0 Å². The predicted octanol–water partition coefficient (Wildman–Crippen LogP) is 4.98. The lowest BCUT2D eigenvalue weighted by Gasteiger charge is -2.27. The average Bonchev–Trinajstić information content (AvgIpc) is 2.44. The van der Waals surface area contributed by atoms with Gasteiger partial charge in [-0.05, 0) is 35.6 Å². The van der Waals surface area contributed by atoms with E-state index < -0.39 is 0 Å². The Morgan fingerprint density at radius 2 is 1.65 bits per heavy atom. The lowest BCUT2D eigenvalue weighted by Crippen LogP contribution is -2.19. The summed E-state index contributed by atoms with van der Waals surface area (Å²) in [6.45, 7) is 8.61. The second-order valence-corrected chi connectivity index (χ2v) is 6.04. The van der Waals surface area contributed by atoms with Crippen LogP contribution in [0.5, 0.6) is 5.75 Å². The molecular weight excluding hydrogens is 244 g/mol. The number of hydrogen-bond acceptors (Lipinski definition) is 1. The molecule has 0 spiro atoms. The SMILES string of the molecule is CCCc1cc(C(C)(C)c2ccccc2)cc(C)c1O. The number of phenolic OH excluding ortho intramolecular Hbond substituents is 1. The van der Waals surface area contributed by atoms with Crippen molar-refractivity contribution in [3.63, 3.8) is 0 Å². The lowest BCUT2D eigenvalue weighted by molar-refractivity contribution is 0.462. The van der Waals surface area contributed by atoms with Crippen LogP contribution in [0.3, 0.4) is 0 Å². The number of phenols is 1. The van der Waals surface area contributed by atoms with E-state index in [0.29, 0.717) is 5.75 Å². The topological polar surface area (TPSA) is 20.2 Å². The van der Waals surface area contributed by atoms with Gasteiger partial charge in [0.25, 0.3) is 0 Å². The third-order valence-electron chi connectivity index (χ3n) is 4.12. The third kappa shape index (κ3) is 2.72. The van der Waals surface area contributed by atoms with Crippen molar-refractivity contribution in [2.24, 2.45) is 0 Å². The number of hydrogen-bond donors (Lipinski definition) is 1. The van der Waals surface area contributed by atoms with Crippen LogP contribution in [-0.2, 0) is 11.8 Å². The van der Waals surface area contributed by atoms with Crippen molar-refractivity contribution in [3.8, 4) is 5.75 Å². The molecule has 0 atom stereocenters. The van der Waals surface area contributed by atoms with E-state index in [2.05, 4.69) is 57.2 Å². The van der Waals surface area contributed by atoms with Crippen LogP contribution in [0.1, 0.15) is 49.4 Å². The van der Waals surface area contributed by atoms with E-state index in [1.807, 2.05) is 13.0 Å². The van der Waals surface area contributed by atoms with E-state index in [1.165, 1.54) is 11.1 Å². The lowest BCUT2D eigenvalue weighted by atomic mass is 9.77. The zero-order valence-electron chi connectivity index (χ0n) is 12.9. The maximum Gasteiger partial charge on any atom is 0.121 e. The van der Waals surface area contributed by atoms with Crippen LogP contribution in [-0.4, -0.2) is 5.11 Å². The molecule has 1 N–H and O–H groups in total. The molecule has 0 unspecified atom stereocenters. The van der Waals surface area contributed by atoms with Gasteiger partial charge in [-0.15, -0.1) is 0 Å². The van der Waals surface area contributed by atoms with Crippen molar-refractivity contribution in [3.05, 3.63) is 64.7 Å². The molecule has 0 aliphatic carbocycles. The summed E-state index contributed by atoms with van der Waals surface area (Å²) in [5.41, 5.74) is 4.54. The molecule has 20 heavy (non-hydrogen) atoms. The van der Waals surface area contributed by atoms with Gasteiger partial charge in [0.1, 0.15) is 5.75 Å². The molecule has 0 saturated carbocycles. The van der Waals surface area contributed by atoms with Crippen molar-refractivity contribution in [1.82, 2.24) is 0 Å². The van der Waals surface area contributed by atoms with Gasteiger partial charge in [0.05, 0.1) is 0 Å². The van der Waals surface area contributed by atoms with E-state index in [4.69, 9.17) is 0 Å². The quantitative estimate of drug-likeness (QED) is 0.829. The fraction of sp³-hybridized carbons (Fsp3) is 0.368. The van der Waals surface area contributed by atoms with Crippen LogP contribution in [0.15, 0.2) is 42.5 Å². The minimum atomic E-state index is -0.0534. The summed E-state index contributed by atoms with van der Waals surface area (Å²) in [6, 6.07) is 14.8. The summed E-state index contributed by atoms with van der Waals surface area (Å²) in [6.07, 6.45) is 1.97. The van der Waals surface area contributed by atoms with Crippen LogP contribution >= 0.6 is 0 Å². The highest BCUT2D eigenvalue weighted by molar-refractivity contribution is 5.48. The van der Waals surface area contributed by atoms with Gasteiger partial charge in [0.15, 0.2) is 0 Å². The first kappa shape index (κ1) is 14.6. The van der Waals surface area contributed by atoms with Gasteiger partial charge in [-0.3, -0.25) is 0 Å². The second-order valence-electron chi connectivity index (χ2n) is 6.04. The Bertz CT molecular complexity index is 582. The van der Waals surface area contributed by atoms with Gasteiger partial charge in [-0.25, -0.2) is 0 Å². The largest absolute Gasteiger partial charge is 0.507 e. The summed E-state index contributed by atoms with van der Waals surface area (Å²) >= 11 is 0. The predicted molar refractivity (Wildman–Crippen MR) is 85.4 cm³/mol. The standard InChI is InChI=1S/C19H24O/c1-5-9-15-13-17(12-14(2)18(15)20)19(3,4)16-10-7-6-8-11-16/h6-8,10-13,20H,5,9H2,1-4H3. The van der Waals surface area contributed by atoms with Crippen molar-refractivity contribution in [2.45, 2.75) is 46.0 Å². The number of benzene rings is 2. The summed E-state index contributed by atoms with van der Waals surface area (Å²) in [4.78, 5) is 0. The summed E-state index contributed by atoms with van der Waals surface area (Å²) in [5, 5.41) is 10.2. The van der Waals surface area contributed by atoms with Gasteiger partial charge in [0, 0.05) is 5.41 Å². The minimum Gasteiger partial charge on any atom is -0.507 e. The molecule has 0 saturated heterocycles. The van der Waals surface area contributed by atoms with Crippen molar-refractivity contribution in [2.75, 3.05) is 0 Å². The molecule has 2 aromatic carbocycles. The second kappa shape index (κ2) is 5.70. The Morgan fingerprint density at radius 1 is 1.00 bits per heavy atom. The molecule has 0 radical (unpaired) electrons. The summed E-state index contributed by atoms with van der Waals surface area (Å²) in [7, 11) is 0. The number of rotatable bonds is 4. The minimum absolute atomic E-state index is 0.0534. The van der Waals surface area contributed by atoms with Crippen LogP contribution < -0.4 is 0 Å². The molecule has 2 rings (SSSR count). The van der Waals surface area contributed by atoms with E-state index in [0.717, 1.165) is 24.0 Å². The Morgan fingerprint density at radius 3 is 2.25 bits per heavy atom. The van der Waals surface area contributed by atoms with Gasteiger partial charge in [-0.2, -0.15) is 0 Å². The molecular formula is C19H24O. The van der Waals surface area contributed by atoms with Crippen LogP contribution in [0, 0.1) is 6.92 Å². The summed E-state index contributed by atoms with van der Waals surface area (Å²) in [5.74, 6) is 0.458. The Labute approximate surface area is 122 Å². The van der Waals surface area contributed by atoms with Gasteiger partial charge < -0.3 is 5.11 Å². The van der Waals surface area contributed by atoms with Gasteiger partial charge in [-0.1, -0.05) is 69.7 Å². The molecule has 1 nitrogen and oxygen atoms in total. The first-order valence-electron chi connectivity index (χ1n) is 7.35. The average molecular weight is 268 g/mol. The fourth-order valence-corrected chi connectivity index (χ4v) is 2.69. The molecule has 0 fully saturated rings. The highest BCUT2D eigenvalue weighted by Crippen LogP contribution is 2.35. The van der Waals surface area contributed by atoms with Crippen LogP contribution in [0.4, 0.5) is 0 Å². The molecule has 106 valence electrons. The zero-order valence-corrected chi connectivity index (χ0v) is 12.9. The van der Waals surface area contributed by atoms with Crippen molar-refractivity contribution in [1.29, 1.82) is 0 Å². The van der Waals surface area contributed by atoms with E-state index in [1.54, 1.807) is 0 Å². The molecule has 0 aliphatic rings. The first-order chi connectivity index (χ1) is 9.46. The van der Waals surface area contributed by atoms with Gasteiger partial charge in [0.2, 0.25) is 0 Å². The van der Waals surface area contributed by atoms with E-state index in [-0.39, 0.29) is 5.41 Å². The highest BCUT2D eigenvalue weighted by atomic mass is 16.3. The molecule has 0 amide bonds. The molecule has 2 aromatic rings. The number of aromatic hydroxyl groups is 1. The first-order valence-corrected chi connectivity index (χ1v) is 7.35. The molecule has 0 aromatic heterocycles. The third-order valence-corrected chi connectivity index (χ3v) is 4.12. The molecule has 0 heterocycles. The monoisotopic (exact) mass is 268 g/mol. The fourth-order valence-electron chi connectivity index (χ4n) is 2.69. The van der Waals surface area contributed by atoms with Crippen LogP contribution in [0.2, 0.25) is 0 Å². The Hall–Kier alpha value is -1.76. The molecule has 0 bridgehead atoms. The highest BCUT2D eigenvalue weighted by Gasteiger charge is 2.24. The Kier molecular flexibility index (Phi) is 4.17. The van der Waals surface area contributed by atoms with Crippen molar-refractivity contribution < 1.29 is 5.11 Å². The smallest absolute Gasteiger partial charge is 0.121 e. The molecule has 0 aliphatic heterocycles. The van der Waals surface area contributed by atoms with Gasteiger partial charge >= 0.3 is 0 Å². The summed E-state index contributed by atoms with van der Waals surface area (Å²) < 4.78 is 0. The van der Waals surface area contributed by atoms with Crippen LogP contribution in [0.25, 0.3) is 0 Å². The Balaban J connectivity index is 2.52. The zero-order chi connectivity index (χ0) is 14.8.